The van der Waals surface area contributed by atoms with Crippen molar-refractivity contribution in [1.29, 1.82) is 0 Å². The van der Waals surface area contributed by atoms with Crippen molar-refractivity contribution in [2.75, 3.05) is 26.2 Å². The van der Waals surface area contributed by atoms with Crippen molar-refractivity contribution in [3.8, 4) is 0 Å². The van der Waals surface area contributed by atoms with Gasteiger partial charge in [0, 0.05) is 68.7 Å². The molecular weight excluding hydrogens is 292 g/mol. The smallest absolute Gasteiger partial charge is 0.0953 e. The monoisotopic (exact) mass is 316 g/mol. The molecule has 0 spiro atoms. The lowest BCUT2D eigenvalue weighted by atomic mass is 10.2. The first-order chi connectivity index (χ1) is 10.7. The number of thiazole rings is 1. The SMILES string of the molecule is CC(C)c1ncc(CN2CCN(Cc3cccnc3)CC2)s1. The fourth-order valence-electron chi connectivity index (χ4n) is 2.74. The van der Waals surface area contributed by atoms with Gasteiger partial charge in [-0.3, -0.25) is 14.8 Å². The van der Waals surface area contributed by atoms with E-state index in [9.17, 15) is 0 Å². The van der Waals surface area contributed by atoms with Crippen LogP contribution in [0.2, 0.25) is 0 Å². The minimum absolute atomic E-state index is 0.537. The number of aromatic nitrogens is 2. The molecule has 22 heavy (non-hydrogen) atoms. The average Bonchev–Trinajstić information content (AvgIpc) is 2.99. The lowest BCUT2D eigenvalue weighted by Gasteiger charge is -2.34. The fraction of sp³-hybridized carbons (Fsp3) is 0.529. The Kier molecular flexibility index (Phi) is 5.18. The van der Waals surface area contributed by atoms with Gasteiger partial charge in [0.05, 0.1) is 5.01 Å². The summed E-state index contributed by atoms with van der Waals surface area (Å²) in [4.78, 5) is 15.2. The molecule has 0 aromatic carbocycles. The molecule has 1 fully saturated rings. The normalized spacial score (nSPS) is 17.2. The maximum atomic E-state index is 4.53. The number of pyridine rings is 1. The third kappa shape index (κ3) is 4.12. The molecule has 1 aliphatic heterocycles. The van der Waals surface area contributed by atoms with Gasteiger partial charge in [0.2, 0.25) is 0 Å². The average molecular weight is 316 g/mol. The first kappa shape index (κ1) is 15.6. The van der Waals surface area contributed by atoms with E-state index in [1.54, 1.807) is 0 Å². The summed E-state index contributed by atoms with van der Waals surface area (Å²) in [6, 6.07) is 4.17. The van der Waals surface area contributed by atoms with Crippen LogP contribution in [0.1, 0.15) is 35.2 Å². The Bertz CT molecular complexity index is 573. The first-order valence-electron chi connectivity index (χ1n) is 7.99. The standard InChI is InChI=1S/C17H24N4S/c1-14(2)17-19-11-16(22-17)13-21-8-6-20(7-9-21)12-15-4-3-5-18-10-15/h3-5,10-11,14H,6-9,12-13H2,1-2H3. The molecule has 0 unspecified atom stereocenters. The molecule has 3 rings (SSSR count). The molecular formula is C17H24N4S. The topological polar surface area (TPSA) is 32.3 Å². The van der Waals surface area contributed by atoms with E-state index in [0.717, 1.165) is 39.3 Å². The Morgan fingerprint density at radius 2 is 1.82 bits per heavy atom. The lowest BCUT2D eigenvalue weighted by Crippen LogP contribution is -2.45. The van der Waals surface area contributed by atoms with Crippen LogP contribution in [0, 0.1) is 0 Å². The second kappa shape index (κ2) is 7.31. The number of hydrogen-bond donors (Lipinski definition) is 0. The van der Waals surface area contributed by atoms with Crippen molar-refractivity contribution in [2.24, 2.45) is 0 Å². The van der Waals surface area contributed by atoms with Crippen LogP contribution < -0.4 is 0 Å². The van der Waals surface area contributed by atoms with Crippen molar-refractivity contribution in [1.82, 2.24) is 19.8 Å². The molecule has 1 saturated heterocycles. The Labute approximate surface area is 136 Å². The summed E-state index contributed by atoms with van der Waals surface area (Å²) in [6.45, 7) is 11.0. The largest absolute Gasteiger partial charge is 0.296 e. The highest BCUT2D eigenvalue weighted by molar-refractivity contribution is 7.11. The number of rotatable bonds is 5. The lowest BCUT2D eigenvalue weighted by molar-refractivity contribution is 0.122. The summed E-state index contributed by atoms with van der Waals surface area (Å²) in [6.07, 6.45) is 5.86. The molecule has 118 valence electrons. The Balaban J connectivity index is 1.47. The van der Waals surface area contributed by atoms with E-state index in [1.165, 1.54) is 15.4 Å². The molecule has 1 aliphatic rings. The number of nitrogens with zero attached hydrogens (tertiary/aromatic N) is 4. The van der Waals surface area contributed by atoms with Gasteiger partial charge in [0.15, 0.2) is 0 Å². The van der Waals surface area contributed by atoms with Gasteiger partial charge in [-0.15, -0.1) is 11.3 Å². The Morgan fingerprint density at radius 1 is 1.09 bits per heavy atom. The van der Waals surface area contributed by atoms with Gasteiger partial charge in [0.1, 0.15) is 0 Å². The second-order valence-corrected chi connectivity index (χ2v) is 7.38. The minimum atomic E-state index is 0.537. The second-order valence-electron chi connectivity index (χ2n) is 6.23. The molecule has 0 bridgehead atoms. The third-order valence-corrected chi connectivity index (χ3v) is 5.32. The molecule has 4 nitrogen and oxygen atoms in total. The minimum Gasteiger partial charge on any atom is -0.296 e. The maximum Gasteiger partial charge on any atom is 0.0953 e. The zero-order chi connectivity index (χ0) is 15.4. The molecule has 0 amide bonds. The van der Waals surface area contributed by atoms with Crippen molar-refractivity contribution in [2.45, 2.75) is 32.9 Å². The quantitative estimate of drug-likeness (QED) is 0.849. The van der Waals surface area contributed by atoms with Crippen molar-refractivity contribution in [3.05, 3.63) is 46.2 Å². The number of hydrogen-bond acceptors (Lipinski definition) is 5. The van der Waals surface area contributed by atoms with E-state index < -0.39 is 0 Å². The summed E-state index contributed by atoms with van der Waals surface area (Å²) in [5.41, 5.74) is 1.31. The van der Waals surface area contributed by atoms with Gasteiger partial charge in [-0.1, -0.05) is 19.9 Å². The highest BCUT2D eigenvalue weighted by atomic mass is 32.1. The van der Waals surface area contributed by atoms with Crippen molar-refractivity contribution < 1.29 is 0 Å². The van der Waals surface area contributed by atoms with E-state index in [1.807, 2.05) is 29.8 Å². The number of piperazine rings is 1. The molecule has 0 saturated carbocycles. The van der Waals surface area contributed by atoms with Gasteiger partial charge >= 0.3 is 0 Å². The summed E-state index contributed by atoms with van der Waals surface area (Å²) in [5.74, 6) is 0.537. The summed E-state index contributed by atoms with van der Waals surface area (Å²) in [7, 11) is 0. The van der Waals surface area contributed by atoms with E-state index in [0.29, 0.717) is 5.92 Å². The highest BCUT2D eigenvalue weighted by Crippen LogP contribution is 2.22. The van der Waals surface area contributed by atoms with E-state index in [2.05, 4.69) is 45.9 Å². The van der Waals surface area contributed by atoms with Crippen LogP contribution in [-0.4, -0.2) is 45.9 Å². The van der Waals surface area contributed by atoms with Gasteiger partial charge < -0.3 is 0 Å². The van der Waals surface area contributed by atoms with E-state index in [-0.39, 0.29) is 0 Å². The maximum absolute atomic E-state index is 4.53. The van der Waals surface area contributed by atoms with Crippen LogP contribution in [0.5, 0.6) is 0 Å². The Hall–Kier alpha value is -1.30. The molecule has 0 N–H and O–H groups in total. The van der Waals surface area contributed by atoms with Gasteiger partial charge in [-0.05, 0) is 11.6 Å². The van der Waals surface area contributed by atoms with Gasteiger partial charge in [-0.25, -0.2) is 4.98 Å². The molecule has 0 radical (unpaired) electrons. The molecule has 3 heterocycles. The zero-order valence-corrected chi connectivity index (χ0v) is 14.2. The predicted molar refractivity (Wildman–Crippen MR) is 91.0 cm³/mol. The van der Waals surface area contributed by atoms with Crippen LogP contribution >= 0.6 is 11.3 Å². The zero-order valence-electron chi connectivity index (χ0n) is 13.4. The highest BCUT2D eigenvalue weighted by Gasteiger charge is 2.18. The third-order valence-electron chi connectivity index (χ3n) is 4.04. The van der Waals surface area contributed by atoms with E-state index in [4.69, 9.17) is 0 Å². The predicted octanol–water partition coefficient (Wildman–Crippen LogP) is 2.98. The van der Waals surface area contributed by atoms with Crippen molar-refractivity contribution >= 4 is 11.3 Å². The molecule has 0 aliphatic carbocycles. The summed E-state index contributed by atoms with van der Waals surface area (Å²) >= 11 is 1.86. The van der Waals surface area contributed by atoms with Crippen LogP contribution in [-0.2, 0) is 13.1 Å². The summed E-state index contributed by atoms with van der Waals surface area (Å²) < 4.78 is 0. The Morgan fingerprint density at radius 3 is 2.41 bits per heavy atom. The van der Waals surface area contributed by atoms with Crippen LogP contribution in [0.4, 0.5) is 0 Å². The first-order valence-corrected chi connectivity index (χ1v) is 8.80. The summed E-state index contributed by atoms with van der Waals surface area (Å²) in [5, 5.41) is 1.25. The van der Waals surface area contributed by atoms with Gasteiger partial charge in [0.25, 0.3) is 0 Å². The van der Waals surface area contributed by atoms with Gasteiger partial charge in [-0.2, -0.15) is 0 Å². The fourth-order valence-corrected chi connectivity index (χ4v) is 3.70. The van der Waals surface area contributed by atoms with Crippen molar-refractivity contribution in [3.63, 3.8) is 0 Å². The molecule has 0 atom stereocenters. The molecule has 2 aromatic heterocycles. The van der Waals surface area contributed by atoms with E-state index >= 15 is 0 Å². The van der Waals surface area contributed by atoms with Crippen LogP contribution in [0.25, 0.3) is 0 Å². The molecule has 5 heteroatoms. The van der Waals surface area contributed by atoms with Crippen LogP contribution in [0.3, 0.4) is 0 Å². The molecule has 2 aromatic rings. The van der Waals surface area contributed by atoms with Crippen LogP contribution in [0.15, 0.2) is 30.7 Å².